The lowest BCUT2D eigenvalue weighted by atomic mass is 9.84. The van der Waals surface area contributed by atoms with Crippen LogP contribution in [0.4, 0.5) is 11.4 Å². The molecular weight excluding hydrogens is 220 g/mol. The van der Waals surface area contributed by atoms with E-state index in [2.05, 4.69) is 58.8 Å². The van der Waals surface area contributed by atoms with E-state index in [0.717, 1.165) is 11.4 Å². The summed E-state index contributed by atoms with van der Waals surface area (Å²) in [5, 5.41) is 0. The van der Waals surface area contributed by atoms with Crippen LogP contribution in [0.25, 0.3) is 0 Å². The smallest absolute Gasteiger partial charge is 0.0664 e. The third-order valence-corrected chi connectivity index (χ3v) is 3.73. The number of hydrogen-bond acceptors (Lipinski definition) is 2. The van der Waals surface area contributed by atoms with Gasteiger partial charge in [0, 0.05) is 24.3 Å². The Balaban J connectivity index is 1.80. The number of hydrogen-bond donors (Lipinski definition) is 0. The van der Waals surface area contributed by atoms with Crippen LogP contribution in [0.15, 0.2) is 58.5 Å². The molecule has 0 aromatic heterocycles. The summed E-state index contributed by atoms with van der Waals surface area (Å²) in [7, 11) is 0. The fourth-order valence-corrected chi connectivity index (χ4v) is 2.83. The van der Waals surface area contributed by atoms with Crippen molar-refractivity contribution in [2.75, 3.05) is 0 Å². The molecule has 4 rings (SSSR count). The lowest BCUT2D eigenvalue weighted by molar-refractivity contribution is 0.865. The Morgan fingerprint density at radius 1 is 0.611 bits per heavy atom. The van der Waals surface area contributed by atoms with Gasteiger partial charge in [-0.3, -0.25) is 9.98 Å². The van der Waals surface area contributed by atoms with Gasteiger partial charge in [0.05, 0.1) is 11.4 Å². The normalized spacial score (nSPS) is 23.1. The molecule has 0 saturated heterocycles. The molecule has 0 radical (unpaired) electrons. The largest absolute Gasteiger partial charge is 0.260 e. The molecule has 0 saturated carbocycles. The maximum atomic E-state index is 4.51. The average molecular weight is 232 g/mol. The highest BCUT2D eigenvalue weighted by atomic mass is 14.8. The molecule has 0 fully saturated rings. The topological polar surface area (TPSA) is 24.7 Å². The van der Waals surface area contributed by atoms with Crippen LogP contribution in [0.1, 0.15) is 23.0 Å². The van der Waals surface area contributed by atoms with Crippen molar-refractivity contribution in [2.45, 2.75) is 11.8 Å². The van der Waals surface area contributed by atoms with Crippen LogP contribution in [-0.2, 0) is 0 Å². The molecule has 2 atom stereocenters. The molecule has 2 heterocycles. The molecule has 2 aromatic rings. The molecule has 18 heavy (non-hydrogen) atoms. The summed E-state index contributed by atoms with van der Waals surface area (Å²) < 4.78 is 0. The summed E-state index contributed by atoms with van der Waals surface area (Å²) in [5.74, 6) is 0.655. The molecule has 0 bridgehead atoms. The summed E-state index contributed by atoms with van der Waals surface area (Å²) in [6.45, 7) is 0. The Morgan fingerprint density at radius 2 is 1.06 bits per heavy atom. The van der Waals surface area contributed by atoms with E-state index in [0.29, 0.717) is 11.8 Å². The van der Waals surface area contributed by atoms with Gasteiger partial charge in [-0.1, -0.05) is 36.4 Å². The summed E-state index contributed by atoms with van der Waals surface area (Å²) in [5.41, 5.74) is 4.82. The van der Waals surface area contributed by atoms with E-state index >= 15 is 0 Å². The molecule has 0 spiro atoms. The first-order chi connectivity index (χ1) is 8.93. The zero-order chi connectivity index (χ0) is 11.9. The Morgan fingerprint density at radius 3 is 1.56 bits per heavy atom. The Labute approximate surface area is 106 Å². The van der Waals surface area contributed by atoms with E-state index in [-0.39, 0.29) is 0 Å². The van der Waals surface area contributed by atoms with E-state index in [1.54, 1.807) is 0 Å². The summed E-state index contributed by atoms with van der Waals surface area (Å²) >= 11 is 0. The van der Waals surface area contributed by atoms with Crippen molar-refractivity contribution in [1.82, 2.24) is 0 Å². The first kappa shape index (κ1) is 9.77. The van der Waals surface area contributed by atoms with E-state index in [9.17, 15) is 0 Å². The third kappa shape index (κ3) is 1.29. The minimum atomic E-state index is 0.327. The first-order valence-electron chi connectivity index (χ1n) is 6.20. The predicted octanol–water partition coefficient (Wildman–Crippen LogP) is 3.99. The summed E-state index contributed by atoms with van der Waals surface area (Å²) in [6.07, 6.45) is 4.12. The van der Waals surface area contributed by atoms with Crippen molar-refractivity contribution < 1.29 is 0 Å². The van der Waals surface area contributed by atoms with Gasteiger partial charge in [0.15, 0.2) is 0 Å². The maximum Gasteiger partial charge on any atom is 0.0664 e. The second-order valence-electron chi connectivity index (χ2n) is 4.73. The van der Waals surface area contributed by atoms with Crippen LogP contribution >= 0.6 is 0 Å². The van der Waals surface area contributed by atoms with Gasteiger partial charge in [-0.2, -0.15) is 0 Å². The SMILES string of the molecule is C1=Nc2ccccc2C1C1C=Nc2ccccc21. The predicted molar refractivity (Wildman–Crippen MR) is 74.7 cm³/mol. The number of para-hydroxylation sites is 2. The Bertz CT molecular complexity index is 611. The van der Waals surface area contributed by atoms with Crippen molar-refractivity contribution in [1.29, 1.82) is 0 Å². The molecular formula is C16H12N2. The van der Waals surface area contributed by atoms with E-state index < -0.39 is 0 Å². The lowest BCUT2D eigenvalue weighted by Gasteiger charge is -2.16. The van der Waals surface area contributed by atoms with E-state index in [1.807, 2.05) is 12.1 Å². The Hall–Kier alpha value is -2.22. The number of benzene rings is 2. The standard InChI is InChI=1S/C16H12N2/c1-3-7-15-11(5-1)13(9-17-15)14-10-18-16-8-4-2-6-12(14)16/h1-10,13-14H. The highest BCUT2D eigenvalue weighted by molar-refractivity contribution is 5.91. The molecule has 2 unspecified atom stereocenters. The fourth-order valence-electron chi connectivity index (χ4n) is 2.83. The van der Waals surface area contributed by atoms with Gasteiger partial charge in [-0.15, -0.1) is 0 Å². The molecule has 2 heteroatoms. The van der Waals surface area contributed by atoms with E-state index in [4.69, 9.17) is 0 Å². The van der Waals surface area contributed by atoms with Crippen molar-refractivity contribution in [2.24, 2.45) is 9.98 Å². The van der Waals surface area contributed by atoms with Crippen LogP contribution in [-0.4, -0.2) is 12.4 Å². The van der Waals surface area contributed by atoms with Gasteiger partial charge in [0.1, 0.15) is 0 Å². The number of fused-ring (bicyclic) bond motifs is 2. The number of aliphatic imine (C=N–C) groups is 2. The van der Waals surface area contributed by atoms with Crippen LogP contribution < -0.4 is 0 Å². The number of rotatable bonds is 1. The highest BCUT2D eigenvalue weighted by Crippen LogP contribution is 2.44. The third-order valence-electron chi connectivity index (χ3n) is 3.73. The summed E-state index contributed by atoms with van der Waals surface area (Å²) in [4.78, 5) is 9.02. The molecule has 2 nitrogen and oxygen atoms in total. The quantitative estimate of drug-likeness (QED) is 0.710. The van der Waals surface area contributed by atoms with Gasteiger partial charge >= 0.3 is 0 Å². The van der Waals surface area contributed by atoms with Gasteiger partial charge in [-0.25, -0.2) is 0 Å². The number of nitrogens with zero attached hydrogens (tertiary/aromatic N) is 2. The minimum Gasteiger partial charge on any atom is -0.260 e. The van der Waals surface area contributed by atoms with Gasteiger partial charge in [-0.05, 0) is 23.3 Å². The van der Waals surface area contributed by atoms with Gasteiger partial charge in [0.2, 0.25) is 0 Å². The fraction of sp³-hybridized carbons (Fsp3) is 0.125. The highest BCUT2D eigenvalue weighted by Gasteiger charge is 2.30. The summed E-state index contributed by atoms with van der Waals surface area (Å²) in [6, 6.07) is 16.7. The molecule has 0 aliphatic carbocycles. The van der Waals surface area contributed by atoms with Crippen molar-refractivity contribution >= 4 is 23.8 Å². The molecule has 0 amide bonds. The van der Waals surface area contributed by atoms with Crippen LogP contribution in [0.5, 0.6) is 0 Å². The first-order valence-corrected chi connectivity index (χ1v) is 6.20. The molecule has 2 aliphatic heterocycles. The van der Waals surface area contributed by atoms with Crippen molar-refractivity contribution in [3.05, 3.63) is 59.7 Å². The second kappa shape index (κ2) is 3.64. The Kier molecular flexibility index (Phi) is 1.97. The molecule has 86 valence electrons. The average Bonchev–Trinajstić information content (AvgIpc) is 3.01. The molecule has 2 aromatic carbocycles. The van der Waals surface area contributed by atoms with Crippen molar-refractivity contribution in [3.63, 3.8) is 0 Å². The molecule has 0 N–H and O–H groups in total. The van der Waals surface area contributed by atoms with E-state index in [1.165, 1.54) is 11.1 Å². The van der Waals surface area contributed by atoms with Crippen LogP contribution in [0.3, 0.4) is 0 Å². The molecule has 2 aliphatic rings. The minimum absolute atomic E-state index is 0.327. The van der Waals surface area contributed by atoms with Gasteiger partial charge in [0.25, 0.3) is 0 Å². The maximum absolute atomic E-state index is 4.51. The zero-order valence-electron chi connectivity index (χ0n) is 9.82. The van der Waals surface area contributed by atoms with Crippen LogP contribution in [0.2, 0.25) is 0 Å². The second-order valence-corrected chi connectivity index (χ2v) is 4.73. The lowest BCUT2D eigenvalue weighted by Crippen LogP contribution is -2.09. The van der Waals surface area contributed by atoms with Gasteiger partial charge < -0.3 is 0 Å². The monoisotopic (exact) mass is 232 g/mol. The van der Waals surface area contributed by atoms with Crippen molar-refractivity contribution in [3.8, 4) is 0 Å². The zero-order valence-corrected chi connectivity index (χ0v) is 9.82. The van der Waals surface area contributed by atoms with Crippen LogP contribution in [0, 0.1) is 0 Å².